The van der Waals surface area contributed by atoms with Crippen molar-refractivity contribution in [3.8, 4) is 0 Å². The normalized spacial score (nSPS) is 11.4. The van der Waals surface area contributed by atoms with Crippen molar-refractivity contribution < 1.29 is 9.18 Å². The van der Waals surface area contributed by atoms with Crippen LogP contribution in [0.15, 0.2) is 18.2 Å². The summed E-state index contributed by atoms with van der Waals surface area (Å²) in [5.74, 6) is -0.283. The zero-order valence-corrected chi connectivity index (χ0v) is 11.2. The third-order valence-corrected chi connectivity index (χ3v) is 3.11. The maximum Gasteiger partial charge on any atom is 0.226 e. The van der Waals surface area contributed by atoms with Gasteiger partial charge < -0.3 is 11.1 Å². The van der Waals surface area contributed by atoms with E-state index in [-0.39, 0.29) is 11.7 Å². The summed E-state index contributed by atoms with van der Waals surface area (Å²) < 4.78 is 12.9. The van der Waals surface area contributed by atoms with Crippen molar-refractivity contribution in [1.82, 2.24) is 5.32 Å². The zero-order chi connectivity index (χ0) is 13.8. The van der Waals surface area contributed by atoms with Gasteiger partial charge in [-0.05, 0) is 50.5 Å². The third-order valence-electron chi connectivity index (χ3n) is 3.11. The summed E-state index contributed by atoms with van der Waals surface area (Å²) in [4.78, 5) is 11.8. The van der Waals surface area contributed by atoms with Crippen molar-refractivity contribution in [2.45, 2.75) is 27.2 Å². The van der Waals surface area contributed by atoms with E-state index in [0.29, 0.717) is 19.5 Å². The molecule has 3 nitrogen and oxygen atoms in total. The van der Waals surface area contributed by atoms with Crippen molar-refractivity contribution in [2.24, 2.45) is 11.1 Å². The van der Waals surface area contributed by atoms with Gasteiger partial charge in [-0.2, -0.15) is 0 Å². The minimum Gasteiger partial charge on any atom is -0.355 e. The van der Waals surface area contributed by atoms with Crippen LogP contribution in [0.5, 0.6) is 0 Å². The summed E-state index contributed by atoms with van der Waals surface area (Å²) in [6.07, 6.45) is 0.693. The van der Waals surface area contributed by atoms with Crippen LogP contribution < -0.4 is 11.1 Å². The predicted molar refractivity (Wildman–Crippen MR) is 70.7 cm³/mol. The summed E-state index contributed by atoms with van der Waals surface area (Å²) in [5, 5.41) is 2.85. The molecule has 1 aromatic carbocycles. The van der Waals surface area contributed by atoms with E-state index < -0.39 is 5.41 Å². The first kappa shape index (κ1) is 14.6. The van der Waals surface area contributed by atoms with Gasteiger partial charge in [0.15, 0.2) is 0 Å². The minimum absolute atomic E-state index is 0.0511. The van der Waals surface area contributed by atoms with E-state index in [9.17, 15) is 9.18 Å². The van der Waals surface area contributed by atoms with Crippen molar-refractivity contribution >= 4 is 5.91 Å². The van der Waals surface area contributed by atoms with Crippen LogP contribution in [0.2, 0.25) is 0 Å². The number of rotatable bonds is 5. The summed E-state index contributed by atoms with van der Waals surface area (Å²) in [6.45, 7) is 6.34. The van der Waals surface area contributed by atoms with E-state index >= 15 is 0 Å². The van der Waals surface area contributed by atoms with Gasteiger partial charge >= 0.3 is 0 Å². The SMILES string of the molecule is Cc1cc(F)ccc1CCNC(=O)C(C)(C)CN. The predicted octanol–water partition coefficient (Wildman–Crippen LogP) is 1.78. The first-order chi connectivity index (χ1) is 8.36. The Morgan fingerprint density at radius 3 is 2.67 bits per heavy atom. The molecule has 0 heterocycles. The molecule has 1 rings (SSSR count). The van der Waals surface area contributed by atoms with Gasteiger partial charge in [0, 0.05) is 13.1 Å². The molecule has 4 heteroatoms. The van der Waals surface area contributed by atoms with Crippen molar-refractivity contribution in [3.63, 3.8) is 0 Å². The summed E-state index contributed by atoms with van der Waals surface area (Å²) in [7, 11) is 0. The maximum absolute atomic E-state index is 12.9. The molecule has 0 aliphatic heterocycles. The Morgan fingerprint density at radius 1 is 1.44 bits per heavy atom. The van der Waals surface area contributed by atoms with Crippen LogP contribution >= 0.6 is 0 Å². The molecule has 100 valence electrons. The van der Waals surface area contributed by atoms with E-state index in [0.717, 1.165) is 11.1 Å². The molecule has 0 spiro atoms. The van der Waals surface area contributed by atoms with Crippen molar-refractivity contribution in [3.05, 3.63) is 35.1 Å². The van der Waals surface area contributed by atoms with Crippen LogP contribution in [0.3, 0.4) is 0 Å². The maximum atomic E-state index is 12.9. The summed E-state index contributed by atoms with van der Waals surface area (Å²) in [6, 6.07) is 4.69. The van der Waals surface area contributed by atoms with Crippen LogP contribution in [0, 0.1) is 18.2 Å². The van der Waals surface area contributed by atoms with Gasteiger partial charge in [-0.25, -0.2) is 4.39 Å². The van der Waals surface area contributed by atoms with Gasteiger partial charge in [0.05, 0.1) is 5.41 Å². The molecule has 0 aromatic heterocycles. The number of aryl methyl sites for hydroxylation is 1. The number of carbonyl (C=O) groups is 1. The standard InChI is InChI=1S/C14H21FN2O/c1-10-8-12(15)5-4-11(10)6-7-17-13(18)14(2,3)9-16/h4-5,8H,6-7,9,16H2,1-3H3,(H,17,18). The second-order valence-corrected chi connectivity index (χ2v) is 5.16. The Kier molecular flexibility index (Phi) is 4.84. The van der Waals surface area contributed by atoms with Crippen molar-refractivity contribution in [1.29, 1.82) is 0 Å². The molecule has 0 radical (unpaired) electrons. The highest BCUT2D eigenvalue weighted by atomic mass is 19.1. The fraction of sp³-hybridized carbons (Fsp3) is 0.500. The lowest BCUT2D eigenvalue weighted by atomic mass is 9.92. The van der Waals surface area contributed by atoms with E-state index in [1.807, 2.05) is 20.8 Å². The molecule has 0 aliphatic rings. The van der Waals surface area contributed by atoms with Gasteiger partial charge in [0.1, 0.15) is 5.82 Å². The Balaban J connectivity index is 2.50. The Morgan fingerprint density at radius 2 is 2.11 bits per heavy atom. The monoisotopic (exact) mass is 252 g/mol. The molecule has 0 atom stereocenters. The lowest BCUT2D eigenvalue weighted by molar-refractivity contribution is -0.128. The van der Waals surface area contributed by atoms with Gasteiger partial charge in [0.25, 0.3) is 0 Å². The third kappa shape index (κ3) is 3.81. The zero-order valence-electron chi connectivity index (χ0n) is 11.2. The first-order valence-corrected chi connectivity index (χ1v) is 6.10. The molecule has 0 saturated carbocycles. The molecular weight excluding hydrogens is 231 g/mol. The average Bonchev–Trinajstić information content (AvgIpc) is 2.31. The molecular formula is C14H21FN2O. The fourth-order valence-corrected chi connectivity index (χ4v) is 1.58. The molecule has 0 saturated heterocycles. The Labute approximate surface area is 108 Å². The summed E-state index contributed by atoms with van der Waals surface area (Å²) >= 11 is 0. The number of nitrogens with one attached hydrogen (secondary N) is 1. The van der Waals surface area contributed by atoms with Crippen LogP contribution in [0.1, 0.15) is 25.0 Å². The number of benzene rings is 1. The fourth-order valence-electron chi connectivity index (χ4n) is 1.58. The van der Waals surface area contributed by atoms with Gasteiger partial charge in [-0.15, -0.1) is 0 Å². The largest absolute Gasteiger partial charge is 0.355 e. The van der Waals surface area contributed by atoms with Crippen molar-refractivity contribution in [2.75, 3.05) is 13.1 Å². The molecule has 1 aromatic rings. The molecule has 1 amide bonds. The van der Waals surface area contributed by atoms with E-state index in [1.54, 1.807) is 6.07 Å². The van der Waals surface area contributed by atoms with Gasteiger partial charge in [0.2, 0.25) is 5.91 Å². The number of nitrogens with two attached hydrogens (primary N) is 1. The van der Waals surface area contributed by atoms with E-state index in [2.05, 4.69) is 5.32 Å². The summed E-state index contributed by atoms with van der Waals surface area (Å²) in [5.41, 5.74) is 6.93. The van der Waals surface area contributed by atoms with Crippen LogP contribution in [0.25, 0.3) is 0 Å². The minimum atomic E-state index is -0.544. The van der Waals surface area contributed by atoms with Gasteiger partial charge in [-0.3, -0.25) is 4.79 Å². The van der Waals surface area contributed by atoms with Crippen LogP contribution in [-0.2, 0) is 11.2 Å². The highest BCUT2D eigenvalue weighted by molar-refractivity contribution is 5.82. The Hall–Kier alpha value is -1.42. The smallest absolute Gasteiger partial charge is 0.226 e. The number of hydrogen-bond acceptors (Lipinski definition) is 2. The Bertz CT molecular complexity index is 430. The highest BCUT2D eigenvalue weighted by Crippen LogP contribution is 2.13. The van der Waals surface area contributed by atoms with Crippen LogP contribution in [-0.4, -0.2) is 19.0 Å². The molecule has 0 aliphatic carbocycles. The first-order valence-electron chi connectivity index (χ1n) is 6.10. The lowest BCUT2D eigenvalue weighted by Gasteiger charge is -2.21. The number of amides is 1. The number of halogens is 1. The molecule has 18 heavy (non-hydrogen) atoms. The quantitative estimate of drug-likeness (QED) is 0.839. The van der Waals surface area contributed by atoms with Gasteiger partial charge in [-0.1, -0.05) is 6.07 Å². The molecule has 3 N–H and O–H groups in total. The number of carbonyl (C=O) groups excluding carboxylic acids is 1. The molecule has 0 unspecified atom stereocenters. The second-order valence-electron chi connectivity index (χ2n) is 5.16. The topological polar surface area (TPSA) is 55.1 Å². The van der Waals surface area contributed by atoms with E-state index in [1.165, 1.54) is 12.1 Å². The second kappa shape index (κ2) is 5.96. The average molecular weight is 252 g/mol. The van der Waals surface area contributed by atoms with E-state index in [4.69, 9.17) is 5.73 Å². The molecule has 0 fully saturated rings. The molecule has 0 bridgehead atoms. The highest BCUT2D eigenvalue weighted by Gasteiger charge is 2.24. The lowest BCUT2D eigenvalue weighted by Crippen LogP contribution is -2.42. The van der Waals surface area contributed by atoms with Crippen LogP contribution in [0.4, 0.5) is 4.39 Å². The number of hydrogen-bond donors (Lipinski definition) is 2.